The number of para-hydroxylation sites is 1. The molecule has 0 bridgehead atoms. The van der Waals surface area contributed by atoms with Crippen LogP contribution in [0.15, 0.2) is 42.5 Å². The summed E-state index contributed by atoms with van der Waals surface area (Å²) in [6, 6.07) is 12.6. The Labute approximate surface area is 177 Å². The normalized spacial score (nSPS) is 14.2. The van der Waals surface area contributed by atoms with Crippen molar-refractivity contribution < 1.29 is 18.7 Å². The van der Waals surface area contributed by atoms with Gasteiger partial charge >= 0.3 is 0 Å². The summed E-state index contributed by atoms with van der Waals surface area (Å²) in [6.45, 7) is 6.27. The molecule has 3 rings (SSSR count). The van der Waals surface area contributed by atoms with Crippen molar-refractivity contribution in [2.45, 2.75) is 13.5 Å². The first-order valence-electron chi connectivity index (χ1n) is 10.3. The summed E-state index contributed by atoms with van der Waals surface area (Å²) < 4.78 is 24.7. The Morgan fingerprint density at radius 3 is 2.37 bits per heavy atom. The number of piperazine rings is 1. The molecule has 0 N–H and O–H groups in total. The van der Waals surface area contributed by atoms with Crippen LogP contribution >= 0.6 is 0 Å². The second kappa shape index (κ2) is 10.3. The molecule has 0 aromatic heterocycles. The van der Waals surface area contributed by atoms with Gasteiger partial charge in [0, 0.05) is 32.7 Å². The van der Waals surface area contributed by atoms with Gasteiger partial charge in [-0.15, -0.1) is 0 Å². The minimum absolute atomic E-state index is 0.102. The van der Waals surface area contributed by atoms with E-state index in [0.29, 0.717) is 56.5 Å². The summed E-state index contributed by atoms with van der Waals surface area (Å²) >= 11 is 0. The maximum absolute atomic E-state index is 14.0. The number of likely N-dealkylation sites (N-methyl/N-ethyl adjacent to an activating group) is 1. The smallest absolute Gasteiger partial charge is 0.236 e. The Morgan fingerprint density at radius 2 is 1.73 bits per heavy atom. The highest BCUT2D eigenvalue weighted by molar-refractivity contribution is 5.78. The quantitative estimate of drug-likeness (QED) is 0.663. The summed E-state index contributed by atoms with van der Waals surface area (Å²) in [5, 5.41) is 0. The molecule has 1 aliphatic heterocycles. The van der Waals surface area contributed by atoms with Crippen molar-refractivity contribution in [3.63, 3.8) is 0 Å². The van der Waals surface area contributed by atoms with E-state index in [9.17, 15) is 9.18 Å². The average molecular weight is 416 g/mol. The SMILES string of the molecule is CCN(CC(=O)N1CCN(c2ccccc2F)CC1)Cc1ccc(OC)c(OC)c1. The number of hydrogen-bond acceptors (Lipinski definition) is 5. The Hall–Kier alpha value is -2.80. The molecule has 30 heavy (non-hydrogen) atoms. The molecule has 1 heterocycles. The van der Waals surface area contributed by atoms with Crippen LogP contribution in [0.3, 0.4) is 0 Å². The summed E-state index contributed by atoms with van der Waals surface area (Å²) in [5.74, 6) is 1.25. The minimum atomic E-state index is -0.218. The third kappa shape index (κ3) is 5.21. The lowest BCUT2D eigenvalue weighted by atomic mass is 10.2. The third-order valence-corrected chi connectivity index (χ3v) is 5.49. The molecule has 0 atom stereocenters. The first-order chi connectivity index (χ1) is 14.5. The van der Waals surface area contributed by atoms with Gasteiger partial charge in [0.15, 0.2) is 11.5 Å². The zero-order valence-electron chi connectivity index (χ0n) is 17.9. The third-order valence-electron chi connectivity index (χ3n) is 5.49. The van der Waals surface area contributed by atoms with Gasteiger partial charge in [0.2, 0.25) is 5.91 Å². The van der Waals surface area contributed by atoms with Gasteiger partial charge in [-0.05, 0) is 36.4 Å². The predicted molar refractivity (Wildman–Crippen MR) is 116 cm³/mol. The fraction of sp³-hybridized carbons (Fsp3) is 0.435. The van der Waals surface area contributed by atoms with Crippen molar-refractivity contribution in [3.8, 4) is 11.5 Å². The van der Waals surface area contributed by atoms with Gasteiger partial charge in [0.05, 0.1) is 26.5 Å². The maximum Gasteiger partial charge on any atom is 0.236 e. The molecular formula is C23H30FN3O3. The second-order valence-corrected chi connectivity index (χ2v) is 7.31. The van der Waals surface area contributed by atoms with Gasteiger partial charge in [0.1, 0.15) is 5.82 Å². The first-order valence-corrected chi connectivity index (χ1v) is 10.3. The van der Waals surface area contributed by atoms with E-state index in [2.05, 4.69) is 4.90 Å². The maximum atomic E-state index is 14.0. The number of ether oxygens (including phenoxy) is 2. The topological polar surface area (TPSA) is 45.3 Å². The van der Waals surface area contributed by atoms with Crippen LogP contribution in [0.4, 0.5) is 10.1 Å². The van der Waals surface area contributed by atoms with Gasteiger partial charge in [-0.25, -0.2) is 4.39 Å². The zero-order chi connectivity index (χ0) is 21.5. The molecule has 0 spiro atoms. The molecule has 162 valence electrons. The lowest BCUT2D eigenvalue weighted by Crippen LogP contribution is -2.51. The van der Waals surface area contributed by atoms with Gasteiger partial charge in [-0.1, -0.05) is 25.1 Å². The van der Waals surface area contributed by atoms with Crippen molar-refractivity contribution in [2.24, 2.45) is 0 Å². The van der Waals surface area contributed by atoms with Crippen molar-refractivity contribution in [1.82, 2.24) is 9.80 Å². The molecule has 1 aliphatic rings. The van der Waals surface area contributed by atoms with Crippen LogP contribution in [0.1, 0.15) is 12.5 Å². The number of hydrogen-bond donors (Lipinski definition) is 0. The van der Waals surface area contributed by atoms with Crippen LogP contribution < -0.4 is 14.4 Å². The molecule has 2 aromatic carbocycles. The van der Waals surface area contributed by atoms with E-state index in [1.807, 2.05) is 41.0 Å². The summed E-state index contributed by atoms with van der Waals surface area (Å²) in [4.78, 5) is 18.8. The van der Waals surface area contributed by atoms with Crippen molar-refractivity contribution in [3.05, 3.63) is 53.8 Å². The Balaban J connectivity index is 1.55. The molecule has 2 aromatic rings. The molecule has 1 amide bonds. The van der Waals surface area contributed by atoms with E-state index in [1.165, 1.54) is 6.07 Å². The van der Waals surface area contributed by atoms with Crippen molar-refractivity contribution >= 4 is 11.6 Å². The molecule has 7 heteroatoms. The molecule has 0 aliphatic carbocycles. The molecule has 6 nitrogen and oxygen atoms in total. The number of halogens is 1. The monoisotopic (exact) mass is 415 g/mol. The van der Waals surface area contributed by atoms with Gasteiger partial charge in [-0.3, -0.25) is 9.69 Å². The molecule has 0 unspecified atom stereocenters. The first kappa shape index (κ1) is 21.9. The van der Waals surface area contributed by atoms with E-state index >= 15 is 0 Å². The van der Waals surface area contributed by atoms with E-state index in [4.69, 9.17) is 9.47 Å². The predicted octanol–water partition coefficient (Wildman–Crippen LogP) is 3.01. The fourth-order valence-corrected chi connectivity index (χ4v) is 3.71. The summed E-state index contributed by atoms with van der Waals surface area (Å²) in [6.07, 6.45) is 0. The van der Waals surface area contributed by atoms with Crippen molar-refractivity contribution in [1.29, 1.82) is 0 Å². The molecule has 0 saturated carbocycles. The zero-order valence-corrected chi connectivity index (χ0v) is 17.9. The molecular weight excluding hydrogens is 385 g/mol. The van der Waals surface area contributed by atoms with Crippen LogP contribution in [0.25, 0.3) is 0 Å². The van der Waals surface area contributed by atoms with E-state index in [0.717, 1.165) is 12.1 Å². The number of methoxy groups -OCH3 is 2. The molecule has 1 saturated heterocycles. The number of benzene rings is 2. The fourth-order valence-electron chi connectivity index (χ4n) is 3.71. The van der Waals surface area contributed by atoms with Crippen LogP contribution in [0.5, 0.6) is 11.5 Å². The molecule has 1 fully saturated rings. The van der Waals surface area contributed by atoms with Crippen LogP contribution in [-0.4, -0.2) is 69.2 Å². The van der Waals surface area contributed by atoms with Gasteiger partial charge in [-0.2, -0.15) is 0 Å². The number of nitrogens with zero attached hydrogens (tertiary/aromatic N) is 3. The highest BCUT2D eigenvalue weighted by Crippen LogP contribution is 2.28. The van der Waals surface area contributed by atoms with Gasteiger partial charge < -0.3 is 19.3 Å². The van der Waals surface area contributed by atoms with E-state index in [1.54, 1.807) is 26.4 Å². The number of anilines is 1. The lowest BCUT2D eigenvalue weighted by Gasteiger charge is -2.37. The average Bonchev–Trinajstić information content (AvgIpc) is 2.78. The van der Waals surface area contributed by atoms with Crippen molar-refractivity contribution in [2.75, 3.05) is 58.4 Å². The van der Waals surface area contributed by atoms with Crippen LogP contribution in [-0.2, 0) is 11.3 Å². The highest BCUT2D eigenvalue weighted by atomic mass is 19.1. The lowest BCUT2D eigenvalue weighted by molar-refractivity contribution is -0.132. The minimum Gasteiger partial charge on any atom is -0.493 e. The molecule has 0 radical (unpaired) electrons. The Kier molecular flexibility index (Phi) is 7.52. The highest BCUT2D eigenvalue weighted by Gasteiger charge is 2.24. The number of carbonyl (C=O) groups is 1. The standard InChI is InChI=1S/C23H30FN3O3/c1-4-25(16-18-9-10-21(29-2)22(15-18)30-3)17-23(28)27-13-11-26(12-14-27)20-8-6-5-7-19(20)24/h5-10,15H,4,11-14,16-17H2,1-3H3. The van der Waals surface area contributed by atoms with E-state index in [-0.39, 0.29) is 11.7 Å². The number of rotatable bonds is 8. The van der Waals surface area contributed by atoms with Crippen LogP contribution in [0.2, 0.25) is 0 Å². The number of carbonyl (C=O) groups excluding carboxylic acids is 1. The Morgan fingerprint density at radius 1 is 1.03 bits per heavy atom. The second-order valence-electron chi connectivity index (χ2n) is 7.31. The van der Waals surface area contributed by atoms with Crippen LogP contribution in [0, 0.1) is 5.82 Å². The van der Waals surface area contributed by atoms with E-state index < -0.39 is 0 Å². The summed E-state index contributed by atoms with van der Waals surface area (Å²) in [5.41, 5.74) is 1.67. The van der Waals surface area contributed by atoms with Gasteiger partial charge in [0.25, 0.3) is 0 Å². The number of amides is 1. The largest absolute Gasteiger partial charge is 0.493 e. The summed E-state index contributed by atoms with van der Waals surface area (Å²) in [7, 11) is 3.23. The Bertz CT molecular complexity index is 853.